The zero-order chi connectivity index (χ0) is 15.1. The predicted molar refractivity (Wildman–Crippen MR) is 83.6 cm³/mol. The Morgan fingerprint density at radius 1 is 1.29 bits per heavy atom. The summed E-state index contributed by atoms with van der Waals surface area (Å²) >= 11 is 0. The van der Waals surface area contributed by atoms with Crippen molar-refractivity contribution in [2.24, 2.45) is 5.73 Å². The van der Waals surface area contributed by atoms with E-state index in [-0.39, 0.29) is 11.4 Å². The van der Waals surface area contributed by atoms with Crippen LogP contribution in [-0.2, 0) is 22.7 Å². The summed E-state index contributed by atoms with van der Waals surface area (Å²) in [6.45, 7) is 3.80. The monoisotopic (exact) mass is 290 g/mol. The van der Waals surface area contributed by atoms with Crippen LogP contribution in [0.15, 0.2) is 24.3 Å². The van der Waals surface area contributed by atoms with E-state index >= 15 is 0 Å². The van der Waals surface area contributed by atoms with Crippen molar-refractivity contribution in [3.8, 4) is 0 Å². The highest BCUT2D eigenvalue weighted by atomic mass is 16.5. The minimum atomic E-state index is -0.283. The molecule has 0 heterocycles. The fourth-order valence-electron chi connectivity index (χ4n) is 2.91. The Labute approximate surface area is 127 Å². The van der Waals surface area contributed by atoms with Gasteiger partial charge in [0.05, 0.1) is 6.61 Å². The summed E-state index contributed by atoms with van der Waals surface area (Å²) < 4.78 is 5.46. The third-order valence-electron chi connectivity index (χ3n) is 4.17. The lowest BCUT2D eigenvalue weighted by molar-refractivity contribution is -0.122. The van der Waals surface area contributed by atoms with Crippen molar-refractivity contribution < 1.29 is 9.53 Å². The number of rotatable bonds is 7. The van der Waals surface area contributed by atoms with Gasteiger partial charge in [0.1, 0.15) is 0 Å². The molecule has 1 aliphatic carbocycles. The molecule has 4 heteroatoms. The highest BCUT2D eigenvalue weighted by Crippen LogP contribution is 2.29. The molecule has 0 aromatic heterocycles. The van der Waals surface area contributed by atoms with Gasteiger partial charge in [-0.1, -0.05) is 37.1 Å². The van der Waals surface area contributed by atoms with Crippen LogP contribution in [0, 0.1) is 0 Å². The van der Waals surface area contributed by atoms with Crippen LogP contribution in [-0.4, -0.2) is 18.1 Å². The third-order valence-corrected chi connectivity index (χ3v) is 4.17. The summed E-state index contributed by atoms with van der Waals surface area (Å²) in [5, 5.41) is 2.99. The van der Waals surface area contributed by atoms with E-state index in [9.17, 15) is 4.79 Å². The molecule has 1 aromatic rings. The molecule has 0 saturated heterocycles. The van der Waals surface area contributed by atoms with Crippen molar-refractivity contribution in [3.05, 3.63) is 35.4 Å². The molecular weight excluding hydrogens is 264 g/mol. The lowest BCUT2D eigenvalue weighted by atomic mass is 9.94. The zero-order valence-corrected chi connectivity index (χ0v) is 12.9. The summed E-state index contributed by atoms with van der Waals surface area (Å²) in [6.07, 6.45) is 4.63. The number of carbonyl (C=O) groups is 1. The molecule has 1 fully saturated rings. The molecule has 0 spiro atoms. The van der Waals surface area contributed by atoms with E-state index in [4.69, 9.17) is 10.5 Å². The summed E-state index contributed by atoms with van der Waals surface area (Å²) in [6, 6.07) is 8.05. The SMILES string of the molecule is CCOCc1ccccc1CNC(=O)CC1(N)CCCC1. The van der Waals surface area contributed by atoms with E-state index in [0.717, 1.165) is 36.8 Å². The molecule has 0 aliphatic heterocycles. The maximum absolute atomic E-state index is 12.1. The summed E-state index contributed by atoms with van der Waals surface area (Å²) in [5.41, 5.74) is 8.20. The molecule has 1 amide bonds. The first-order chi connectivity index (χ1) is 10.1. The highest BCUT2D eigenvalue weighted by Gasteiger charge is 2.31. The molecule has 1 aliphatic rings. The quantitative estimate of drug-likeness (QED) is 0.811. The summed E-state index contributed by atoms with van der Waals surface area (Å²) in [4.78, 5) is 12.1. The Morgan fingerprint density at radius 3 is 2.62 bits per heavy atom. The zero-order valence-electron chi connectivity index (χ0n) is 12.9. The Balaban J connectivity index is 1.86. The minimum absolute atomic E-state index is 0.0469. The van der Waals surface area contributed by atoms with Gasteiger partial charge in [-0.25, -0.2) is 0 Å². The number of hydrogen-bond donors (Lipinski definition) is 2. The second-order valence-corrected chi connectivity index (χ2v) is 5.93. The fourth-order valence-corrected chi connectivity index (χ4v) is 2.91. The standard InChI is InChI=1S/C17H26N2O2/c1-2-21-13-15-8-4-3-7-14(15)12-19-16(20)11-17(18)9-5-6-10-17/h3-4,7-8H,2,5-6,9-13,18H2,1H3,(H,19,20). The van der Waals surface area contributed by atoms with Crippen LogP contribution in [0.2, 0.25) is 0 Å². The van der Waals surface area contributed by atoms with Gasteiger partial charge in [0.15, 0.2) is 0 Å². The van der Waals surface area contributed by atoms with Crippen molar-refractivity contribution in [1.29, 1.82) is 0 Å². The van der Waals surface area contributed by atoms with Gasteiger partial charge in [0.2, 0.25) is 5.91 Å². The van der Waals surface area contributed by atoms with Gasteiger partial charge in [-0.15, -0.1) is 0 Å². The van der Waals surface area contributed by atoms with E-state index in [2.05, 4.69) is 5.32 Å². The van der Waals surface area contributed by atoms with E-state index in [1.807, 2.05) is 31.2 Å². The molecule has 0 unspecified atom stereocenters. The van der Waals surface area contributed by atoms with Crippen LogP contribution in [0.3, 0.4) is 0 Å². The molecule has 1 saturated carbocycles. The Kier molecular flexibility index (Phi) is 5.76. The van der Waals surface area contributed by atoms with Crippen LogP contribution < -0.4 is 11.1 Å². The topological polar surface area (TPSA) is 64.3 Å². The van der Waals surface area contributed by atoms with Crippen LogP contribution >= 0.6 is 0 Å². The number of nitrogens with one attached hydrogen (secondary N) is 1. The molecule has 0 atom stereocenters. The number of amides is 1. The smallest absolute Gasteiger partial charge is 0.222 e. The van der Waals surface area contributed by atoms with Gasteiger partial charge in [-0.05, 0) is 30.9 Å². The van der Waals surface area contributed by atoms with E-state index in [1.54, 1.807) is 0 Å². The normalized spacial score (nSPS) is 16.9. The average Bonchev–Trinajstić information content (AvgIpc) is 2.90. The third kappa shape index (κ3) is 4.83. The number of carbonyl (C=O) groups excluding carboxylic acids is 1. The first-order valence-corrected chi connectivity index (χ1v) is 7.83. The van der Waals surface area contributed by atoms with Gasteiger partial charge in [-0.2, -0.15) is 0 Å². The molecule has 4 nitrogen and oxygen atoms in total. The largest absolute Gasteiger partial charge is 0.377 e. The van der Waals surface area contributed by atoms with E-state index < -0.39 is 0 Å². The van der Waals surface area contributed by atoms with E-state index in [1.165, 1.54) is 0 Å². The maximum atomic E-state index is 12.1. The molecule has 2 rings (SSSR count). The minimum Gasteiger partial charge on any atom is -0.377 e. The Morgan fingerprint density at radius 2 is 1.95 bits per heavy atom. The van der Waals surface area contributed by atoms with Gasteiger partial charge in [0, 0.05) is 25.1 Å². The molecule has 3 N–H and O–H groups in total. The average molecular weight is 290 g/mol. The fraction of sp³-hybridized carbons (Fsp3) is 0.588. The lowest BCUT2D eigenvalue weighted by Gasteiger charge is -2.22. The highest BCUT2D eigenvalue weighted by molar-refractivity contribution is 5.77. The Hall–Kier alpha value is -1.39. The van der Waals surface area contributed by atoms with E-state index in [0.29, 0.717) is 26.2 Å². The number of nitrogens with two attached hydrogens (primary N) is 1. The molecule has 1 aromatic carbocycles. The summed E-state index contributed by atoms with van der Waals surface area (Å²) in [7, 11) is 0. The van der Waals surface area contributed by atoms with Crippen LogP contribution in [0.4, 0.5) is 0 Å². The van der Waals surface area contributed by atoms with Crippen molar-refractivity contribution in [2.45, 2.75) is 57.7 Å². The molecular formula is C17H26N2O2. The van der Waals surface area contributed by atoms with Crippen molar-refractivity contribution in [1.82, 2.24) is 5.32 Å². The predicted octanol–water partition coefficient (Wildman–Crippen LogP) is 2.50. The molecule has 21 heavy (non-hydrogen) atoms. The van der Waals surface area contributed by atoms with Crippen LogP contribution in [0.25, 0.3) is 0 Å². The van der Waals surface area contributed by atoms with Gasteiger partial charge in [0.25, 0.3) is 0 Å². The van der Waals surface area contributed by atoms with Crippen LogP contribution in [0.1, 0.15) is 50.2 Å². The van der Waals surface area contributed by atoms with Gasteiger partial charge >= 0.3 is 0 Å². The summed E-state index contributed by atoms with van der Waals surface area (Å²) in [5.74, 6) is 0.0469. The van der Waals surface area contributed by atoms with Gasteiger partial charge < -0.3 is 15.8 Å². The first-order valence-electron chi connectivity index (χ1n) is 7.83. The second kappa shape index (κ2) is 7.57. The van der Waals surface area contributed by atoms with Gasteiger partial charge in [-0.3, -0.25) is 4.79 Å². The first kappa shape index (κ1) is 16.0. The number of benzene rings is 1. The number of ether oxygens (including phenoxy) is 1. The molecule has 0 radical (unpaired) electrons. The second-order valence-electron chi connectivity index (χ2n) is 5.93. The number of hydrogen-bond acceptors (Lipinski definition) is 3. The van der Waals surface area contributed by atoms with Crippen LogP contribution in [0.5, 0.6) is 0 Å². The Bertz CT molecular complexity index is 468. The lowest BCUT2D eigenvalue weighted by Crippen LogP contribution is -2.42. The van der Waals surface area contributed by atoms with Crippen molar-refractivity contribution >= 4 is 5.91 Å². The maximum Gasteiger partial charge on any atom is 0.222 e. The van der Waals surface area contributed by atoms with Crippen molar-refractivity contribution in [2.75, 3.05) is 6.61 Å². The molecule has 0 bridgehead atoms. The molecule has 116 valence electrons. The van der Waals surface area contributed by atoms with Crippen molar-refractivity contribution in [3.63, 3.8) is 0 Å².